The lowest BCUT2D eigenvalue weighted by molar-refractivity contribution is -0.162. The van der Waals surface area contributed by atoms with Crippen molar-refractivity contribution >= 4 is 28.6 Å². The zero-order chi connectivity index (χ0) is 11.6. The van der Waals surface area contributed by atoms with Crippen molar-refractivity contribution in [2.24, 2.45) is 0 Å². The second-order valence-electron chi connectivity index (χ2n) is 3.37. The molecular weight excluding hydrogens is 311 g/mol. The van der Waals surface area contributed by atoms with Crippen LogP contribution >= 0.6 is 22.6 Å². The number of rotatable bonds is 3. The maximum atomic E-state index is 10.6. The largest absolute Gasteiger partial charge is 0.479 e. The number of carboxylic acids is 1. The number of benzene rings is 1. The van der Waals surface area contributed by atoms with E-state index in [2.05, 4.69) is 0 Å². The molecule has 0 radical (unpaired) electrons. The van der Waals surface area contributed by atoms with Gasteiger partial charge in [0, 0.05) is 3.57 Å². The number of hydrogen-bond acceptors (Lipinski definition) is 3. The van der Waals surface area contributed by atoms with Crippen LogP contribution in [0.25, 0.3) is 0 Å². The summed E-state index contributed by atoms with van der Waals surface area (Å²) in [6.45, 7) is 1.28. The van der Waals surface area contributed by atoms with Crippen molar-refractivity contribution in [1.29, 1.82) is 0 Å². The Morgan fingerprint density at radius 3 is 2.47 bits per heavy atom. The number of carbonyl (C=O) groups is 1. The third kappa shape index (κ3) is 2.47. The van der Waals surface area contributed by atoms with E-state index in [1.807, 2.05) is 22.6 Å². The molecule has 15 heavy (non-hydrogen) atoms. The Bertz CT molecular complexity index is 375. The molecule has 82 valence electrons. The van der Waals surface area contributed by atoms with Gasteiger partial charge < -0.3 is 15.3 Å². The van der Waals surface area contributed by atoms with Crippen molar-refractivity contribution in [1.82, 2.24) is 0 Å². The molecule has 0 spiro atoms. The van der Waals surface area contributed by atoms with Crippen LogP contribution in [0.2, 0.25) is 0 Å². The van der Waals surface area contributed by atoms with E-state index in [0.29, 0.717) is 9.13 Å². The fraction of sp³-hybridized carbons (Fsp3) is 0.300. The fourth-order valence-electron chi connectivity index (χ4n) is 1.26. The molecule has 0 saturated heterocycles. The highest BCUT2D eigenvalue weighted by atomic mass is 127. The minimum absolute atomic E-state index is 0.403. The second kappa shape index (κ2) is 4.46. The van der Waals surface area contributed by atoms with Gasteiger partial charge in [0.15, 0.2) is 6.10 Å². The van der Waals surface area contributed by atoms with Gasteiger partial charge in [0.1, 0.15) is 5.60 Å². The molecule has 3 N–H and O–H groups in total. The van der Waals surface area contributed by atoms with E-state index in [-0.39, 0.29) is 0 Å². The summed E-state index contributed by atoms with van der Waals surface area (Å²) in [6.07, 6.45) is -1.84. The molecule has 0 aliphatic heterocycles. The first-order valence-electron chi connectivity index (χ1n) is 4.25. The van der Waals surface area contributed by atoms with Gasteiger partial charge in [0.25, 0.3) is 0 Å². The standard InChI is InChI=1S/C10H11IO4/c1-10(15,8(12)9(13)14)6-4-2-3-5-7(6)11/h2-5,8,12,15H,1H3,(H,13,14)/t8-,10-/m0/s1. The Kier molecular flexibility index (Phi) is 3.69. The Balaban J connectivity index is 3.16. The Labute approximate surface area is 101 Å². The summed E-state index contributed by atoms with van der Waals surface area (Å²) in [4.78, 5) is 10.6. The van der Waals surface area contributed by atoms with E-state index in [0.717, 1.165) is 0 Å². The summed E-state index contributed by atoms with van der Waals surface area (Å²) < 4.78 is 0.709. The SMILES string of the molecule is C[C@](O)(c1ccccc1I)[C@@H](O)C(=O)O. The van der Waals surface area contributed by atoms with Gasteiger partial charge in [-0.2, -0.15) is 0 Å². The van der Waals surface area contributed by atoms with Crippen molar-refractivity contribution in [2.45, 2.75) is 18.6 Å². The predicted molar refractivity (Wildman–Crippen MR) is 62.4 cm³/mol. The van der Waals surface area contributed by atoms with Crippen molar-refractivity contribution in [3.8, 4) is 0 Å². The Morgan fingerprint density at radius 1 is 1.47 bits per heavy atom. The normalized spacial score (nSPS) is 16.8. The smallest absolute Gasteiger partial charge is 0.335 e. The third-order valence-corrected chi connectivity index (χ3v) is 3.13. The van der Waals surface area contributed by atoms with Gasteiger partial charge in [0.05, 0.1) is 0 Å². The molecule has 0 aliphatic rings. The molecule has 1 aromatic carbocycles. The quantitative estimate of drug-likeness (QED) is 0.724. The first-order valence-corrected chi connectivity index (χ1v) is 5.33. The lowest BCUT2D eigenvalue weighted by atomic mass is 9.90. The second-order valence-corrected chi connectivity index (χ2v) is 4.53. The molecule has 0 heterocycles. The van der Waals surface area contributed by atoms with Crippen LogP contribution in [-0.2, 0) is 10.4 Å². The lowest BCUT2D eigenvalue weighted by Gasteiger charge is -2.27. The summed E-state index contributed by atoms with van der Waals surface area (Å²) in [7, 11) is 0. The zero-order valence-electron chi connectivity index (χ0n) is 8.01. The van der Waals surface area contributed by atoms with Gasteiger partial charge in [0.2, 0.25) is 0 Å². The molecule has 1 aromatic rings. The van der Waals surface area contributed by atoms with Crippen molar-refractivity contribution < 1.29 is 20.1 Å². The van der Waals surface area contributed by atoms with Crippen LogP contribution in [-0.4, -0.2) is 27.4 Å². The molecule has 0 saturated carbocycles. The summed E-state index contributed by atoms with van der Waals surface area (Å²) in [5.74, 6) is -1.44. The van der Waals surface area contributed by atoms with Crippen LogP contribution in [0.3, 0.4) is 0 Å². The van der Waals surface area contributed by atoms with Crippen LogP contribution < -0.4 is 0 Å². The average molecular weight is 322 g/mol. The van der Waals surface area contributed by atoms with E-state index < -0.39 is 17.7 Å². The maximum absolute atomic E-state index is 10.6. The number of halogens is 1. The summed E-state index contributed by atoms with van der Waals surface area (Å²) in [6, 6.07) is 6.78. The fourth-order valence-corrected chi connectivity index (χ4v) is 2.19. The van der Waals surface area contributed by atoms with Gasteiger partial charge in [-0.25, -0.2) is 4.79 Å². The monoisotopic (exact) mass is 322 g/mol. The molecule has 0 bridgehead atoms. The zero-order valence-corrected chi connectivity index (χ0v) is 10.2. The Morgan fingerprint density at radius 2 is 2.00 bits per heavy atom. The molecule has 0 unspecified atom stereocenters. The van der Waals surface area contributed by atoms with Gasteiger partial charge in [-0.15, -0.1) is 0 Å². The van der Waals surface area contributed by atoms with Crippen LogP contribution in [0.4, 0.5) is 0 Å². The van der Waals surface area contributed by atoms with Crippen LogP contribution in [0.1, 0.15) is 12.5 Å². The number of carboxylic acid groups (broad SMARTS) is 1. The first kappa shape index (κ1) is 12.4. The number of aliphatic hydroxyl groups is 2. The average Bonchev–Trinajstić information content (AvgIpc) is 2.16. The minimum Gasteiger partial charge on any atom is -0.479 e. The maximum Gasteiger partial charge on any atom is 0.335 e. The van der Waals surface area contributed by atoms with Crippen LogP contribution in [0, 0.1) is 3.57 Å². The molecule has 0 fully saturated rings. The van der Waals surface area contributed by atoms with Gasteiger partial charge in [-0.3, -0.25) is 0 Å². The molecule has 5 heteroatoms. The van der Waals surface area contributed by atoms with E-state index in [1.54, 1.807) is 24.3 Å². The molecule has 2 atom stereocenters. The van der Waals surface area contributed by atoms with E-state index in [9.17, 15) is 15.0 Å². The molecule has 0 aromatic heterocycles. The van der Waals surface area contributed by atoms with E-state index >= 15 is 0 Å². The number of aliphatic carboxylic acids is 1. The first-order chi connectivity index (χ1) is 6.87. The molecule has 0 amide bonds. The van der Waals surface area contributed by atoms with Crippen LogP contribution in [0.5, 0.6) is 0 Å². The molecule has 4 nitrogen and oxygen atoms in total. The van der Waals surface area contributed by atoms with Crippen molar-refractivity contribution in [2.75, 3.05) is 0 Å². The number of aliphatic hydroxyl groups excluding tert-OH is 1. The predicted octanol–water partition coefficient (Wildman–Crippen LogP) is 0.944. The van der Waals surface area contributed by atoms with Crippen molar-refractivity contribution in [3.05, 3.63) is 33.4 Å². The summed E-state index contributed by atoms with van der Waals surface area (Å²) in [5, 5.41) is 28.0. The summed E-state index contributed by atoms with van der Waals surface area (Å²) in [5.41, 5.74) is -1.38. The summed E-state index contributed by atoms with van der Waals surface area (Å²) >= 11 is 1.98. The highest BCUT2D eigenvalue weighted by molar-refractivity contribution is 14.1. The van der Waals surface area contributed by atoms with E-state index in [4.69, 9.17) is 5.11 Å². The van der Waals surface area contributed by atoms with Crippen LogP contribution in [0.15, 0.2) is 24.3 Å². The van der Waals surface area contributed by atoms with Gasteiger partial charge >= 0.3 is 5.97 Å². The topological polar surface area (TPSA) is 77.8 Å². The number of hydrogen-bond donors (Lipinski definition) is 3. The van der Waals surface area contributed by atoms with E-state index in [1.165, 1.54) is 6.92 Å². The van der Waals surface area contributed by atoms with Gasteiger partial charge in [-0.05, 0) is 41.1 Å². The highest BCUT2D eigenvalue weighted by Crippen LogP contribution is 2.28. The third-order valence-electron chi connectivity index (χ3n) is 2.19. The minimum atomic E-state index is -1.84. The Hall–Kier alpha value is -0.660. The lowest BCUT2D eigenvalue weighted by Crippen LogP contribution is -2.42. The molecule has 0 aliphatic carbocycles. The molecular formula is C10H11IO4. The molecule has 1 rings (SSSR count). The van der Waals surface area contributed by atoms with Gasteiger partial charge in [-0.1, -0.05) is 18.2 Å². The van der Waals surface area contributed by atoms with Crippen molar-refractivity contribution in [3.63, 3.8) is 0 Å². The highest BCUT2D eigenvalue weighted by Gasteiger charge is 2.38.